The summed E-state index contributed by atoms with van der Waals surface area (Å²) in [4.78, 5) is 70.2. The minimum atomic E-state index is -1.41. The lowest BCUT2D eigenvalue weighted by Gasteiger charge is -2.24. The molecule has 0 aromatic carbocycles. The molecule has 0 saturated heterocycles. The van der Waals surface area contributed by atoms with Gasteiger partial charge in [-0.2, -0.15) is 11.8 Å². The van der Waals surface area contributed by atoms with E-state index in [1.165, 1.54) is 11.8 Å². The molecular weight excluding hydrogens is 420 g/mol. The Bertz CT molecular complexity index is 660. The van der Waals surface area contributed by atoms with Gasteiger partial charge in [-0.25, -0.2) is 4.79 Å². The highest BCUT2D eigenvalue weighted by Crippen LogP contribution is 2.05. The highest BCUT2D eigenvalue weighted by atomic mass is 32.2. The molecule has 0 fully saturated rings. The topological polar surface area (TPSA) is 237 Å². The summed E-state index contributed by atoms with van der Waals surface area (Å²) in [6.45, 7) is -0.455. The number of carbonyl (C=O) groups is 6. The van der Waals surface area contributed by atoms with Gasteiger partial charge in [0.2, 0.25) is 29.5 Å². The summed E-state index contributed by atoms with van der Waals surface area (Å²) < 4.78 is 0. The minimum Gasteiger partial charge on any atom is -0.480 e. The van der Waals surface area contributed by atoms with Gasteiger partial charge in [-0.3, -0.25) is 24.0 Å². The molecule has 0 aliphatic rings. The van der Waals surface area contributed by atoms with Gasteiger partial charge in [-0.1, -0.05) is 0 Å². The quantitative estimate of drug-likeness (QED) is 0.131. The molecular formula is C16H28N6O7S. The molecule has 3 unspecified atom stereocenters. The molecule has 0 radical (unpaired) electrons. The van der Waals surface area contributed by atoms with Gasteiger partial charge >= 0.3 is 5.97 Å². The lowest BCUT2D eigenvalue weighted by molar-refractivity contribution is -0.142. The smallest absolute Gasteiger partial charge is 0.326 e. The van der Waals surface area contributed by atoms with E-state index < -0.39 is 66.6 Å². The average Bonchev–Trinajstić information content (AvgIpc) is 2.66. The fourth-order valence-corrected chi connectivity index (χ4v) is 2.73. The van der Waals surface area contributed by atoms with Gasteiger partial charge in [-0.15, -0.1) is 0 Å². The maximum Gasteiger partial charge on any atom is 0.326 e. The van der Waals surface area contributed by atoms with Crippen LogP contribution in [0.4, 0.5) is 0 Å². The molecule has 0 rings (SSSR count). The second kappa shape index (κ2) is 14.2. The maximum absolute atomic E-state index is 12.5. The summed E-state index contributed by atoms with van der Waals surface area (Å²) in [7, 11) is 0. The summed E-state index contributed by atoms with van der Waals surface area (Å²) in [6, 6.07) is -3.96. The standard InChI is InChI=1S/C16H28N6O7S/c1-30-5-4-9(16(28)29)22-14(26)8(2-3-11(18)23)21-15(27)10(6-12(19)24)20-13(25)7-17/h8-10H,2-7,17H2,1H3,(H2,18,23)(H2,19,24)(H,20,25)(H,21,27)(H,22,26)(H,28,29). The molecule has 3 atom stereocenters. The Morgan fingerprint density at radius 3 is 1.90 bits per heavy atom. The number of carbonyl (C=O) groups excluding carboxylic acids is 5. The van der Waals surface area contributed by atoms with Crippen molar-refractivity contribution in [2.45, 2.75) is 43.8 Å². The molecule has 0 spiro atoms. The summed E-state index contributed by atoms with van der Waals surface area (Å²) in [5, 5.41) is 16.0. The molecule has 10 N–H and O–H groups in total. The first-order valence-corrected chi connectivity index (χ1v) is 10.3. The van der Waals surface area contributed by atoms with E-state index in [0.717, 1.165) is 0 Å². The number of hydrogen-bond donors (Lipinski definition) is 7. The van der Waals surface area contributed by atoms with E-state index in [1.54, 1.807) is 6.26 Å². The highest BCUT2D eigenvalue weighted by molar-refractivity contribution is 7.98. The van der Waals surface area contributed by atoms with Crippen LogP contribution in [0.2, 0.25) is 0 Å². The third-order valence-electron chi connectivity index (χ3n) is 3.78. The zero-order chi connectivity index (χ0) is 23.3. The third kappa shape index (κ3) is 11.2. The van der Waals surface area contributed by atoms with E-state index >= 15 is 0 Å². The number of carboxylic acids is 1. The first-order chi connectivity index (χ1) is 14.0. The SMILES string of the molecule is CSCCC(NC(=O)C(CCC(N)=O)NC(=O)C(CC(N)=O)NC(=O)CN)C(=O)O. The van der Waals surface area contributed by atoms with Crippen LogP contribution < -0.4 is 33.2 Å². The van der Waals surface area contributed by atoms with Crippen molar-refractivity contribution >= 4 is 47.3 Å². The van der Waals surface area contributed by atoms with Crippen molar-refractivity contribution in [3.8, 4) is 0 Å². The molecule has 0 bridgehead atoms. The number of hydrogen-bond acceptors (Lipinski definition) is 8. The predicted molar refractivity (Wildman–Crippen MR) is 108 cm³/mol. The van der Waals surface area contributed by atoms with Crippen LogP contribution in [0, 0.1) is 0 Å². The van der Waals surface area contributed by atoms with E-state index in [1.807, 2.05) is 0 Å². The molecule has 0 aliphatic carbocycles. The van der Waals surface area contributed by atoms with Gasteiger partial charge in [0.25, 0.3) is 0 Å². The molecule has 170 valence electrons. The van der Waals surface area contributed by atoms with E-state index in [4.69, 9.17) is 17.2 Å². The van der Waals surface area contributed by atoms with Crippen molar-refractivity contribution in [2.24, 2.45) is 17.2 Å². The van der Waals surface area contributed by atoms with E-state index in [-0.39, 0.29) is 19.3 Å². The maximum atomic E-state index is 12.5. The van der Waals surface area contributed by atoms with Gasteiger partial charge in [-0.05, 0) is 24.9 Å². The molecule has 0 aromatic heterocycles. The van der Waals surface area contributed by atoms with Gasteiger partial charge in [0, 0.05) is 6.42 Å². The Balaban J connectivity index is 5.40. The van der Waals surface area contributed by atoms with Crippen molar-refractivity contribution in [1.29, 1.82) is 0 Å². The Labute approximate surface area is 177 Å². The van der Waals surface area contributed by atoms with Crippen molar-refractivity contribution < 1.29 is 33.9 Å². The van der Waals surface area contributed by atoms with Crippen LogP contribution >= 0.6 is 11.8 Å². The van der Waals surface area contributed by atoms with Gasteiger partial charge in [0.1, 0.15) is 18.1 Å². The number of nitrogens with one attached hydrogen (secondary N) is 3. The molecule has 0 aromatic rings. The number of primary amides is 2. The summed E-state index contributed by atoms with van der Waals surface area (Å²) in [5.41, 5.74) is 15.3. The first kappa shape index (κ1) is 27.1. The lowest BCUT2D eigenvalue weighted by atomic mass is 10.1. The molecule has 0 saturated carbocycles. The van der Waals surface area contributed by atoms with Crippen molar-refractivity contribution in [3.05, 3.63) is 0 Å². The fraction of sp³-hybridized carbons (Fsp3) is 0.625. The van der Waals surface area contributed by atoms with Gasteiger partial charge < -0.3 is 38.3 Å². The van der Waals surface area contributed by atoms with Crippen molar-refractivity contribution in [3.63, 3.8) is 0 Å². The predicted octanol–water partition coefficient (Wildman–Crippen LogP) is -3.62. The zero-order valence-electron chi connectivity index (χ0n) is 16.5. The number of aliphatic carboxylic acids is 1. The normalized spacial score (nSPS) is 13.4. The Morgan fingerprint density at radius 2 is 1.43 bits per heavy atom. The zero-order valence-corrected chi connectivity index (χ0v) is 17.3. The van der Waals surface area contributed by atoms with Crippen LogP contribution in [0.5, 0.6) is 0 Å². The lowest BCUT2D eigenvalue weighted by Crippen LogP contribution is -2.57. The van der Waals surface area contributed by atoms with E-state index in [9.17, 15) is 33.9 Å². The molecule has 13 nitrogen and oxygen atoms in total. The van der Waals surface area contributed by atoms with Crippen LogP contribution in [0.3, 0.4) is 0 Å². The van der Waals surface area contributed by atoms with Gasteiger partial charge in [0.05, 0.1) is 13.0 Å². The van der Waals surface area contributed by atoms with Crippen molar-refractivity contribution in [2.75, 3.05) is 18.6 Å². The highest BCUT2D eigenvalue weighted by Gasteiger charge is 2.30. The monoisotopic (exact) mass is 448 g/mol. The number of amides is 5. The van der Waals surface area contributed by atoms with Gasteiger partial charge in [0.15, 0.2) is 0 Å². The number of thioether (sulfide) groups is 1. The minimum absolute atomic E-state index is 0.135. The first-order valence-electron chi connectivity index (χ1n) is 8.90. The summed E-state index contributed by atoms with van der Waals surface area (Å²) in [6.07, 6.45) is 0.834. The Hall–Kier alpha value is -2.87. The van der Waals surface area contributed by atoms with E-state index in [2.05, 4.69) is 16.0 Å². The van der Waals surface area contributed by atoms with Crippen LogP contribution in [0.25, 0.3) is 0 Å². The molecule has 14 heteroatoms. The molecule has 0 aliphatic heterocycles. The average molecular weight is 449 g/mol. The number of nitrogens with two attached hydrogens (primary N) is 3. The molecule has 0 heterocycles. The third-order valence-corrected chi connectivity index (χ3v) is 4.42. The van der Waals surface area contributed by atoms with Crippen LogP contribution in [-0.4, -0.2) is 77.3 Å². The summed E-state index contributed by atoms with van der Waals surface area (Å²) >= 11 is 1.39. The Morgan fingerprint density at radius 1 is 0.867 bits per heavy atom. The molecule has 5 amide bonds. The van der Waals surface area contributed by atoms with Crippen molar-refractivity contribution in [1.82, 2.24) is 16.0 Å². The van der Waals surface area contributed by atoms with E-state index in [0.29, 0.717) is 5.75 Å². The largest absolute Gasteiger partial charge is 0.480 e. The van der Waals surface area contributed by atoms with Crippen LogP contribution in [0.15, 0.2) is 0 Å². The summed E-state index contributed by atoms with van der Waals surface area (Å²) in [5.74, 6) is -4.98. The molecule has 30 heavy (non-hydrogen) atoms. The number of rotatable bonds is 15. The second-order valence-electron chi connectivity index (χ2n) is 6.24. The fourth-order valence-electron chi connectivity index (χ4n) is 2.26. The number of carboxylic acid groups (broad SMARTS) is 1. The second-order valence-corrected chi connectivity index (χ2v) is 7.23. The van der Waals surface area contributed by atoms with Crippen LogP contribution in [0.1, 0.15) is 25.7 Å². The Kier molecular flexibility index (Phi) is 12.8. The van der Waals surface area contributed by atoms with Crippen LogP contribution in [-0.2, 0) is 28.8 Å².